The van der Waals surface area contributed by atoms with Gasteiger partial charge >= 0.3 is 0 Å². The fourth-order valence-electron chi connectivity index (χ4n) is 2.89. The number of hydrogen-bond acceptors (Lipinski definition) is 4. The van der Waals surface area contributed by atoms with Crippen molar-refractivity contribution in [3.63, 3.8) is 0 Å². The number of rotatable bonds is 4. The zero-order chi connectivity index (χ0) is 15.7. The van der Waals surface area contributed by atoms with Crippen molar-refractivity contribution < 1.29 is 4.79 Å². The van der Waals surface area contributed by atoms with Crippen LogP contribution in [0.25, 0.3) is 0 Å². The Kier molecular flexibility index (Phi) is 6.08. The van der Waals surface area contributed by atoms with Gasteiger partial charge in [0.25, 0.3) is 0 Å². The van der Waals surface area contributed by atoms with E-state index in [-0.39, 0.29) is 36.2 Å². The highest BCUT2D eigenvalue weighted by Crippen LogP contribution is 2.30. The summed E-state index contributed by atoms with van der Waals surface area (Å²) in [4.78, 5) is 13.7. The van der Waals surface area contributed by atoms with Crippen molar-refractivity contribution in [1.29, 1.82) is 0 Å². The Morgan fingerprint density at radius 3 is 2.91 bits per heavy atom. The van der Waals surface area contributed by atoms with Crippen molar-refractivity contribution in [2.45, 2.75) is 18.9 Å². The topological polar surface area (TPSA) is 59.0 Å². The number of hydrogen-bond donors (Lipinski definition) is 2. The predicted octanol–water partition coefficient (Wildman–Crippen LogP) is 2.74. The summed E-state index contributed by atoms with van der Waals surface area (Å²) >= 11 is 7.46. The molecule has 0 aliphatic carbocycles. The SMILES string of the molecule is CC(NC(=O)[C@H]1CNC[C@@H]1c1cnn(C)c1)c1ccc(Cl)s1.Cl. The van der Waals surface area contributed by atoms with Gasteiger partial charge in [0.2, 0.25) is 5.91 Å². The molecule has 0 radical (unpaired) electrons. The molecule has 126 valence electrons. The molecule has 3 rings (SSSR count). The van der Waals surface area contributed by atoms with Gasteiger partial charge in [0.15, 0.2) is 0 Å². The van der Waals surface area contributed by atoms with E-state index in [1.807, 2.05) is 38.5 Å². The minimum Gasteiger partial charge on any atom is -0.348 e. The molecule has 2 aromatic heterocycles. The summed E-state index contributed by atoms with van der Waals surface area (Å²) < 4.78 is 2.52. The third-order valence-electron chi connectivity index (χ3n) is 4.08. The summed E-state index contributed by atoms with van der Waals surface area (Å²) in [5.41, 5.74) is 1.11. The molecule has 0 saturated carbocycles. The van der Waals surface area contributed by atoms with Gasteiger partial charge in [0, 0.05) is 37.1 Å². The van der Waals surface area contributed by atoms with Crippen molar-refractivity contribution in [3.8, 4) is 0 Å². The fraction of sp³-hybridized carbons (Fsp3) is 0.467. The molecular formula is C15H20Cl2N4OS. The number of aromatic nitrogens is 2. The van der Waals surface area contributed by atoms with Gasteiger partial charge in [-0.05, 0) is 24.6 Å². The Balaban J connectivity index is 0.00000192. The number of nitrogens with one attached hydrogen (secondary N) is 2. The van der Waals surface area contributed by atoms with E-state index < -0.39 is 0 Å². The van der Waals surface area contributed by atoms with Crippen LogP contribution in [0.4, 0.5) is 0 Å². The van der Waals surface area contributed by atoms with E-state index in [4.69, 9.17) is 11.6 Å². The molecule has 1 aliphatic rings. The normalized spacial score (nSPS) is 21.7. The van der Waals surface area contributed by atoms with Crippen LogP contribution in [0.5, 0.6) is 0 Å². The van der Waals surface area contributed by atoms with E-state index in [1.165, 1.54) is 11.3 Å². The molecule has 2 aromatic rings. The second-order valence-electron chi connectivity index (χ2n) is 5.69. The molecular weight excluding hydrogens is 355 g/mol. The van der Waals surface area contributed by atoms with E-state index in [0.29, 0.717) is 6.54 Å². The van der Waals surface area contributed by atoms with Crippen molar-refractivity contribution >= 4 is 41.3 Å². The molecule has 23 heavy (non-hydrogen) atoms. The van der Waals surface area contributed by atoms with Crippen molar-refractivity contribution in [2.24, 2.45) is 13.0 Å². The minimum absolute atomic E-state index is 0. The first-order chi connectivity index (χ1) is 10.5. The molecule has 1 saturated heterocycles. The molecule has 1 fully saturated rings. The first kappa shape index (κ1) is 18.3. The van der Waals surface area contributed by atoms with Crippen LogP contribution in [-0.4, -0.2) is 28.8 Å². The molecule has 1 aliphatic heterocycles. The zero-order valence-corrected chi connectivity index (χ0v) is 15.3. The molecule has 3 atom stereocenters. The Morgan fingerprint density at radius 2 is 2.30 bits per heavy atom. The Labute approximate surface area is 150 Å². The standard InChI is InChI=1S/C15H19ClN4OS.ClH/c1-9(13-3-4-14(16)22-13)19-15(21)12-7-17-6-11(12)10-5-18-20(2)8-10;/h3-5,8-9,11-12,17H,6-7H2,1-2H3,(H,19,21);1H/t9?,11-,12+;/m1./s1. The lowest BCUT2D eigenvalue weighted by molar-refractivity contribution is -0.125. The minimum atomic E-state index is -0.0675. The molecule has 2 N–H and O–H groups in total. The number of amides is 1. The fourth-order valence-corrected chi connectivity index (χ4v) is 3.95. The summed E-state index contributed by atoms with van der Waals surface area (Å²) in [6, 6.07) is 3.80. The first-order valence-electron chi connectivity index (χ1n) is 7.29. The van der Waals surface area contributed by atoms with Gasteiger partial charge in [-0.25, -0.2) is 0 Å². The average Bonchev–Trinajstić information content (AvgIpc) is 3.17. The van der Waals surface area contributed by atoms with Crippen LogP contribution in [0.1, 0.15) is 29.3 Å². The van der Waals surface area contributed by atoms with Gasteiger partial charge < -0.3 is 10.6 Å². The maximum absolute atomic E-state index is 12.6. The monoisotopic (exact) mass is 374 g/mol. The quantitative estimate of drug-likeness (QED) is 0.864. The lowest BCUT2D eigenvalue weighted by Gasteiger charge is -2.20. The smallest absolute Gasteiger partial charge is 0.225 e. The van der Waals surface area contributed by atoms with Crippen LogP contribution in [0, 0.1) is 5.92 Å². The summed E-state index contributed by atoms with van der Waals surface area (Å²) in [7, 11) is 1.89. The molecule has 8 heteroatoms. The van der Waals surface area contributed by atoms with E-state index in [0.717, 1.165) is 21.3 Å². The van der Waals surface area contributed by atoms with Crippen LogP contribution < -0.4 is 10.6 Å². The third kappa shape index (κ3) is 4.07. The van der Waals surface area contributed by atoms with Gasteiger partial charge in [-0.15, -0.1) is 23.7 Å². The highest BCUT2D eigenvalue weighted by atomic mass is 35.5. The van der Waals surface area contributed by atoms with Crippen molar-refractivity contribution in [2.75, 3.05) is 13.1 Å². The largest absolute Gasteiger partial charge is 0.348 e. The number of halogens is 2. The lowest BCUT2D eigenvalue weighted by atomic mass is 9.90. The molecule has 0 bridgehead atoms. The van der Waals surface area contributed by atoms with Crippen molar-refractivity contribution in [1.82, 2.24) is 20.4 Å². The number of thiophene rings is 1. The second kappa shape index (κ2) is 7.66. The summed E-state index contributed by atoms with van der Waals surface area (Å²) in [6.45, 7) is 3.49. The summed E-state index contributed by atoms with van der Waals surface area (Å²) in [6.07, 6.45) is 3.83. The number of carbonyl (C=O) groups is 1. The molecule has 0 spiro atoms. The van der Waals surface area contributed by atoms with Crippen molar-refractivity contribution in [3.05, 3.63) is 39.3 Å². The van der Waals surface area contributed by atoms with Crippen LogP contribution in [0.15, 0.2) is 24.5 Å². The first-order valence-corrected chi connectivity index (χ1v) is 8.49. The maximum Gasteiger partial charge on any atom is 0.225 e. The van der Waals surface area contributed by atoms with Crippen LogP contribution in [0.3, 0.4) is 0 Å². The van der Waals surface area contributed by atoms with Crippen LogP contribution in [-0.2, 0) is 11.8 Å². The Morgan fingerprint density at radius 1 is 1.52 bits per heavy atom. The van der Waals surface area contributed by atoms with E-state index in [9.17, 15) is 4.79 Å². The van der Waals surface area contributed by atoms with Gasteiger partial charge in [0.05, 0.1) is 22.5 Å². The number of nitrogens with zero attached hydrogens (tertiary/aromatic N) is 2. The summed E-state index contributed by atoms with van der Waals surface area (Å²) in [5, 5.41) is 10.6. The van der Waals surface area contributed by atoms with Crippen LogP contribution >= 0.6 is 35.3 Å². The maximum atomic E-state index is 12.6. The molecule has 3 heterocycles. The Hall–Kier alpha value is -1.08. The average molecular weight is 375 g/mol. The number of aryl methyl sites for hydroxylation is 1. The van der Waals surface area contributed by atoms with Crippen LogP contribution in [0.2, 0.25) is 4.34 Å². The number of carbonyl (C=O) groups excluding carboxylic acids is 1. The molecule has 5 nitrogen and oxygen atoms in total. The Bertz CT molecular complexity index is 672. The van der Waals surface area contributed by atoms with Gasteiger partial charge in [-0.1, -0.05) is 11.6 Å². The lowest BCUT2D eigenvalue weighted by Crippen LogP contribution is -2.35. The highest BCUT2D eigenvalue weighted by Gasteiger charge is 2.35. The zero-order valence-electron chi connectivity index (χ0n) is 13.0. The van der Waals surface area contributed by atoms with Gasteiger partial charge in [0.1, 0.15) is 0 Å². The van der Waals surface area contributed by atoms with Gasteiger partial charge in [-0.3, -0.25) is 9.48 Å². The van der Waals surface area contributed by atoms with E-state index in [1.54, 1.807) is 4.68 Å². The van der Waals surface area contributed by atoms with Gasteiger partial charge in [-0.2, -0.15) is 5.10 Å². The molecule has 1 unspecified atom stereocenters. The molecule has 1 amide bonds. The predicted molar refractivity (Wildman–Crippen MR) is 95.4 cm³/mol. The highest BCUT2D eigenvalue weighted by molar-refractivity contribution is 7.16. The van der Waals surface area contributed by atoms with E-state index >= 15 is 0 Å². The third-order valence-corrected chi connectivity index (χ3v) is 5.50. The van der Waals surface area contributed by atoms with E-state index in [2.05, 4.69) is 15.7 Å². The molecule has 0 aromatic carbocycles. The summed E-state index contributed by atoms with van der Waals surface area (Å²) in [5.74, 6) is 0.186. The second-order valence-corrected chi connectivity index (χ2v) is 7.44.